The lowest BCUT2D eigenvalue weighted by molar-refractivity contribution is -0.136. The van der Waals surface area contributed by atoms with E-state index >= 15 is 0 Å². The van der Waals surface area contributed by atoms with Crippen molar-refractivity contribution in [2.75, 3.05) is 31.2 Å². The Bertz CT molecular complexity index is 396. The molecular weight excluding hydrogens is 262 g/mol. The van der Waals surface area contributed by atoms with E-state index in [-0.39, 0.29) is 17.9 Å². The molecule has 2 rings (SSSR count). The van der Waals surface area contributed by atoms with Gasteiger partial charge in [-0.15, -0.1) is 0 Å². The van der Waals surface area contributed by atoms with Gasteiger partial charge in [-0.1, -0.05) is 19.1 Å². The Morgan fingerprint density at radius 3 is 2.89 bits per heavy atom. The van der Waals surface area contributed by atoms with Gasteiger partial charge in [0, 0.05) is 42.0 Å². The van der Waals surface area contributed by atoms with Gasteiger partial charge in [-0.25, -0.2) is 0 Å². The molecule has 0 N–H and O–H groups in total. The molecule has 2 heterocycles. The molecule has 0 unspecified atom stereocenters. The van der Waals surface area contributed by atoms with Gasteiger partial charge in [-0.3, -0.25) is 9.00 Å². The SMILES string of the molecule is C=C(C)[C@H]1OCC[C@H]1C(=O)N1CC[S@](=O)C[C@@H](C)C1. The smallest absolute Gasteiger partial charge is 0.228 e. The number of hydrogen-bond acceptors (Lipinski definition) is 3. The number of hydrogen-bond donors (Lipinski definition) is 0. The molecule has 108 valence electrons. The van der Waals surface area contributed by atoms with Crippen LogP contribution >= 0.6 is 0 Å². The maximum Gasteiger partial charge on any atom is 0.228 e. The summed E-state index contributed by atoms with van der Waals surface area (Å²) in [6, 6.07) is 0. The van der Waals surface area contributed by atoms with Crippen molar-refractivity contribution in [3.63, 3.8) is 0 Å². The Morgan fingerprint density at radius 2 is 2.21 bits per heavy atom. The van der Waals surface area contributed by atoms with E-state index in [2.05, 4.69) is 13.5 Å². The monoisotopic (exact) mass is 285 g/mol. The Morgan fingerprint density at radius 1 is 1.47 bits per heavy atom. The van der Waals surface area contributed by atoms with Gasteiger partial charge in [0.2, 0.25) is 5.91 Å². The average Bonchev–Trinajstić information content (AvgIpc) is 2.76. The van der Waals surface area contributed by atoms with E-state index in [9.17, 15) is 9.00 Å². The van der Waals surface area contributed by atoms with Crippen molar-refractivity contribution in [3.8, 4) is 0 Å². The zero-order chi connectivity index (χ0) is 14.0. The van der Waals surface area contributed by atoms with Crippen LogP contribution in [0.4, 0.5) is 0 Å². The van der Waals surface area contributed by atoms with Crippen LogP contribution < -0.4 is 0 Å². The van der Waals surface area contributed by atoms with E-state index in [1.54, 1.807) is 0 Å². The van der Waals surface area contributed by atoms with Gasteiger partial charge in [0.1, 0.15) is 0 Å². The maximum atomic E-state index is 12.6. The molecule has 0 saturated carbocycles. The van der Waals surface area contributed by atoms with Crippen molar-refractivity contribution < 1.29 is 13.7 Å². The van der Waals surface area contributed by atoms with Crippen molar-refractivity contribution in [1.29, 1.82) is 0 Å². The molecule has 19 heavy (non-hydrogen) atoms. The second-order valence-corrected chi connectivity index (χ2v) is 7.35. The van der Waals surface area contributed by atoms with E-state index in [0.717, 1.165) is 12.0 Å². The lowest BCUT2D eigenvalue weighted by atomic mass is 9.95. The molecule has 0 aliphatic carbocycles. The second kappa shape index (κ2) is 6.18. The third kappa shape index (κ3) is 3.45. The van der Waals surface area contributed by atoms with Crippen LogP contribution in [0.1, 0.15) is 20.3 Å². The molecule has 2 saturated heterocycles. The molecule has 4 atom stereocenters. The van der Waals surface area contributed by atoms with Crippen LogP contribution in [0, 0.1) is 11.8 Å². The number of carbonyl (C=O) groups excluding carboxylic acids is 1. The molecule has 2 aliphatic rings. The first-order valence-electron chi connectivity index (χ1n) is 6.89. The first kappa shape index (κ1) is 14.7. The Labute approximate surface area is 117 Å². The molecule has 0 bridgehead atoms. The molecule has 1 amide bonds. The van der Waals surface area contributed by atoms with Crippen LogP contribution in [0.25, 0.3) is 0 Å². The van der Waals surface area contributed by atoms with E-state index in [0.29, 0.717) is 37.1 Å². The van der Waals surface area contributed by atoms with Gasteiger partial charge in [0.25, 0.3) is 0 Å². The summed E-state index contributed by atoms with van der Waals surface area (Å²) >= 11 is 0. The zero-order valence-electron chi connectivity index (χ0n) is 11.8. The van der Waals surface area contributed by atoms with Crippen molar-refractivity contribution >= 4 is 16.7 Å². The van der Waals surface area contributed by atoms with Gasteiger partial charge in [-0.05, 0) is 19.3 Å². The Hall–Kier alpha value is -0.680. The topological polar surface area (TPSA) is 46.6 Å². The summed E-state index contributed by atoms with van der Waals surface area (Å²) in [4.78, 5) is 14.5. The average molecular weight is 285 g/mol. The molecule has 0 radical (unpaired) electrons. The van der Waals surface area contributed by atoms with E-state index in [4.69, 9.17) is 4.74 Å². The summed E-state index contributed by atoms with van der Waals surface area (Å²) in [7, 11) is -0.787. The normalized spacial score (nSPS) is 36.0. The highest BCUT2D eigenvalue weighted by molar-refractivity contribution is 7.85. The first-order chi connectivity index (χ1) is 8.99. The van der Waals surface area contributed by atoms with Crippen LogP contribution in [0.3, 0.4) is 0 Å². The van der Waals surface area contributed by atoms with Crippen LogP contribution in [0.5, 0.6) is 0 Å². The van der Waals surface area contributed by atoms with Crippen LogP contribution in [-0.2, 0) is 20.3 Å². The number of nitrogens with zero attached hydrogens (tertiary/aromatic N) is 1. The molecule has 5 heteroatoms. The highest BCUT2D eigenvalue weighted by Crippen LogP contribution is 2.28. The van der Waals surface area contributed by atoms with Gasteiger partial charge in [-0.2, -0.15) is 0 Å². The fourth-order valence-corrected chi connectivity index (χ4v) is 4.23. The van der Waals surface area contributed by atoms with Gasteiger partial charge in [0.15, 0.2) is 0 Å². The maximum absolute atomic E-state index is 12.6. The molecule has 0 aromatic heterocycles. The first-order valence-corrected chi connectivity index (χ1v) is 8.38. The molecule has 2 fully saturated rings. The highest BCUT2D eigenvalue weighted by atomic mass is 32.2. The molecular formula is C14H23NO3S. The third-order valence-corrected chi connectivity index (χ3v) is 5.38. The van der Waals surface area contributed by atoms with Crippen molar-refractivity contribution in [1.82, 2.24) is 4.90 Å². The predicted octanol–water partition coefficient (Wildman–Crippen LogP) is 1.19. The molecule has 4 nitrogen and oxygen atoms in total. The van der Waals surface area contributed by atoms with Gasteiger partial charge in [0.05, 0.1) is 12.0 Å². The summed E-state index contributed by atoms with van der Waals surface area (Å²) in [5, 5.41) is 0. The summed E-state index contributed by atoms with van der Waals surface area (Å²) in [6.07, 6.45) is 0.626. The standard InChI is InChI=1S/C14H23NO3S/c1-10(2)13-12(4-6-18-13)14(16)15-5-7-19(17)9-11(3)8-15/h11-13H,1,4-9H2,2-3H3/t11-,12+,13+,19-/m0/s1. The van der Waals surface area contributed by atoms with E-state index in [1.165, 1.54) is 0 Å². The van der Waals surface area contributed by atoms with Gasteiger partial charge >= 0.3 is 0 Å². The minimum Gasteiger partial charge on any atom is -0.373 e. The van der Waals surface area contributed by atoms with Crippen molar-refractivity contribution in [3.05, 3.63) is 12.2 Å². The fraction of sp³-hybridized carbons (Fsp3) is 0.786. The molecule has 0 aromatic carbocycles. The number of rotatable bonds is 2. The largest absolute Gasteiger partial charge is 0.373 e. The van der Waals surface area contributed by atoms with Gasteiger partial charge < -0.3 is 9.64 Å². The van der Waals surface area contributed by atoms with E-state index in [1.807, 2.05) is 11.8 Å². The summed E-state index contributed by atoms with van der Waals surface area (Å²) in [5.41, 5.74) is 0.919. The van der Waals surface area contributed by atoms with Crippen LogP contribution in [0.15, 0.2) is 12.2 Å². The third-order valence-electron chi connectivity index (χ3n) is 3.80. The molecule has 0 spiro atoms. The highest BCUT2D eigenvalue weighted by Gasteiger charge is 2.37. The molecule has 2 aliphatic heterocycles. The van der Waals surface area contributed by atoms with Crippen LogP contribution in [-0.4, -0.2) is 52.3 Å². The zero-order valence-corrected chi connectivity index (χ0v) is 12.6. The fourth-order valence-electron chi connectivity index (χ4n) is 2.90. The Balaban J connectivity index is 2.06. The number of carbonyl (C=O) groups is 1. The van der Waals surface area contributed by atoms with E-state index < -0.39 is 10.8 Å². The summed E-state index contributed by atoms with van der Waals surface area (Å²) < 4.78 is 17.3. The summed E-state index contributed by atoms with van der Waals surface area (Å²) in [6.45, 7) is 9.84. The van der Waals surface area contributed by atoms with Crippen molar-refractivity contribution in [2.24, 2.45) is 11.8 Å². The predicted molar refractivity (Wildman–Crippen MR) is 76.3 cm³/mol. The minimum absolute atomic E-state index is 0.101. The lowest BCUT2D eigenvalue weighted by Crippen LogP contribution is -2.42. The molecule has 0 aromatic rings. The van der Waals surface area contributed by atoms with Crippen molar-refractivity contribution in [2.45, 2.75) is 26.4 Å². The second-order valence-electron chi connectivity index (χ2n) is 5.73. The quantitative estimate of drug-likeness (QED) is 0.716. The lowest BCUT2D eigenvalue weighted by Gasteiger charge is -2.27. The minimum atomic E-state index is -0.787. The van der Waals surface area contributed by atoms with Crippen LogP contribution in [0.2, 0.25) is 0 Å². The number of ether oxygens (including phenoxy) is 1. The number of amides is 1. The summed E-state index contributed by atoms with van der Waals surface area (Å²) in [5.74, 6) is 1.65. The Kier molecular flexibility index (Phi) is 4.79.